The van der Waals surface area contributed by atoms with Gasteiger partial charge < -0.3 is 25.8 Å². The molecule has 3 amide bonds. The number of aromatic nitrogens is 1. The van der Waals surface area contributed by atoms with Crippen molar-refractivity contribution in [3.05, 3.63) is 36.0 Å². The Morgan fingerprint density at radius 3 is 2.07 bits per heavy atom. The summed E-state index contributed by atoms with van der Waals surface area (Å²) in [5, 5.41) is 9.20. The van der Waals surface area contributed by atoms with Crippen LogP contribution in [0.1, 0.15) is 66.9 Å². The van der Waals surface area contributed by atoms with Crippen molar-refractivity contribution in [3.8, 4) is 0 Å². The second kappa shape index (κ2) is 15.3. The van der Waals surface area contributed by atoms with Crippen LogP contribution in [0.4, 0.5) is 0 Å². The maximum Gasteiger partial charge on any atom is 0.317 e. The standard InChI is InChI=1S/C29H44N4O7P/c1-8-18(5)25(31-20(7)35)28(37)33-26(19(6)9-2)27(36)32-24(29(16-34,17(3)4)40-41(38)39)14-21-15-30-23-13-11-10-12-22(21)23/h10-13,15,17-19,24-26,30,41H,8-9,14H2,1-7H3,(H,31,35)(H,32,36)(H,33,37)(H,38,39)/t18-,19-,24?,25-,26-,29?/m0/s1. The fourth-order valence-electron chi connectivity index (χ4n) is 4.90. The van der Waals surface area contributed by atoms with E-state index in [9.17, 15) is 28.6 Å². The quantitative estimate of drug-likeness (QED) is 0.187. The highest BCUT2D eigenvalue weighted by Crippen LogP contribution is 2.36. The lowest BCUT2D eigenvalue weighted by molar-refractivity contribution is -0.134. The molecule has 2 rings (SSSR count). The minimum Gasteiger partial charge on any atom is -0.361 e. The van der Waals surface area contributed by atoms with E-state index in [0.717, 1.165) is 16.5 Å². The number of hydrogen-bond acceptors (Lipinski definition) is 6. The molecule has 1 heterocycles. The Kier molecular flexibility index (Phi) is 12.7. The van der Waals surface area contributed by atoms with Crippen LogP contribution in [0.3, 0.4) is 0 Å². The number of aromatic amines is 1. The van der Waals surface area contributed by atoms with Gasteiger partial charge in [0, 0.05) is 24.0 Å². The highest BCUT2D eigenvalue weighted by molar-refractivity contribution is 7.32. The maximum absolute atomic E-state index is 13.9. The van der Waals surface area contributed by atoms with Gasteiger partial charge in [0.05, 0.1) is 6.04 Å². The summed E-state index contributed by atoms with van der Waals surface area (Å²) < 4.78 is 17.3. The predicted molar refractivity (Wildman–Crippen MR) is 158 cm³/mol. The molecule has 0 aliphatic rings. The minimum atomic E-state index is -3.62. The summed E-state index contributed by atoms with van der Waals surface area (Å²) in [4.78, 5) is 64.5. The highest BCUT2D eigenvalue weighted by Gasteiger charge is 2.47. The van der Waals surface area contributed by atoms with Gasteiger partial charge in [0.25, 0.3) is 0 Å². The number of carbonyl (C=O) groups excluding carboxylic acids is 4. The number of nitrogens with one attached hydrogen (secondary N) is 4. The third-order valence-electron chi connectivity index (χ3n) is 7.85. The monoisotopic (exact) mass is 591 g/mol. The normalized spacial score (nSPS) is 17.5. The van der Waals surface area contributed by atoms with E-state index in [1.54, 1.807) is 27.0 Å². The molecular formula is C29H44N4O7P. The maximum atomic E-state index is 13.9. The fraction of sp³-hybridized carbons (Fsp3) is 0.586. The minimum absolute atomic E-state index is 0.0703. The van der Waals surface area contributed by atoms with E-state index < -0.39 is 49.7 Å². The van der Waals surface area contributed by atoms with Crippen molar-refractivity contribution < 1.29 is 33.2 Å². The van der Waals surface area contributed by atoms with Crippen LogP contribution < -0.4 is 16.0 Å². The number of amides is 3. The molecule has 1 radical (unpaired) electrons. The van der Waals surface area contributed by atoms with Gasteiger partial charge >= 0.3 is 8.25 Å². The zero-order valence-corrected chi connectivity index (χ0v) is 25.9. The fourth-order valence-corrected chi connectivity index (χ4v) is 5.61. The van der Waals surface area contributed by atoms with Gasteiger partial charge in [-0.15, -0.1) is 0 Å². The number of para-hydroxylation sites is 1. The van der Waals surface area contributed by atoms with Gasteiger partial charge in [-0.25, -0.2) is 0 Å². The summed E-state index contributed by atoms with van der Waals surface area (Å²) in [5.41, 5.74) is -0.370. The molecule has 227 valence electrons. The lowest BCUT2D eigenvalue weighted by atomic mass is 9.81. The molecule has 5 N–H and O–H groups in total. The van der Waals surface area contributed by atoms with Crippen molar-refractivity contribution in [3.63, 3.8) is 0 Å². The number of H-pyrrole nitrogens is 1. The van der Waals surface area contributed by atoms with Crippen LogP contribution in [0.5, 0.6) is 0 Å². The number of rotatable bonds is 16. The summed E-state index contributed by atoms with van der Waals surface area (Å²) in [6, 6.07) is 4.51. The number of carbonyl (C=O) groups is 3. The molecule has 11 nitrogen and oxygen atoms in total. The molecule has 1 aromatic carbocycles. The van der Waals surface area contributed by atoms with Crippen molar-refractivity contribution in [2.75, 3.05) is 0 Å². The van der Waals surface area contributed by atoms with E-state index in [4.69, 9.17) is 4.52 Å². The van der Waals surface area contributed by atoms with E-state index in [-0.39, 0.29) is 24.2 Å². The predicted octanol–water partition coefficient (Wildman–Crippen LogP) is 3.18. The Morgan fingerprint density at radius 1 is 1.00 bits per heavy atom. The van der Waals surface area contributed by atoms with Crippen molar-refractivity contribution in [1.82, 2.24) is 20.9 Å². The first-order valence-corrected chi connectivity index (χ1v) is 15.3. The molecular weight excluding hydrogens is 547 g/mol. The molecule has 2 aromatic rings. The van der Waals surface area contributed by atoms with Crippen LogP contribution in [0, 0.1) is 17.8 Å². The van der Waals surface area contributed by atoms with Crippen molar-refractivity contribution >= 4 is 43.2 Å². The molecule has 0 fully saturated rings. The average Bonchev–Trinajstić information content (AvgIpc) is 3.34. The number of benzene rings is 1. The summed E-state index contributed by atoms with van der Waals surface area (Å²) in [7, 11) is -3.62. The lowest BCUT2D eigenvalue weighted by Gasteiger charge is -2.39. The number of fused-ring (bicyclic) bond motifs is 1. The van der Waals surface area contributed by atoms with Crippen molar-refractivity contribution in [2.45, 2.75) is 91.5 Å². The third-order valence-corrected chi connectivity index (χ3v) is 8.37. The summed E-state index contributed by atoms with van der Waals surface area (Å²) in [5.74, 6) is -2.63. The van der Waals surface area contributed by atoms with Crippen LogP contribution in [0.25, 0.3) is 10.9 Å². The smallest absolute Gasteiger partial charge is 0.317 e. The molecule has 0 bridgehead atoms. The molecule has 0 spiro atoms. The van der Waals surface area contributed by atoms with Crippen molar-refractivity contribution in [1.29, 1.82) is 0 Å². The SMILES string of the molecule is CC[C@H](C)[C@H](NC(C)=O)C(=O)N[C@H](C(=O)NC(Cc1c[nH]c2ccccc12)C([C]=O)(O[PH](=O)O)C(C)C)[C@@H](C)CC. The summed E-state index contributed by atoms with van der Waals surface area (Å²) in [6.07, 6.45) is 4.81. The Bertz CT molecular complexity index is 1230. The van der Waals surface area contributed by atoms with Gasteiger partial charge in [-0.3, -0.25) is 28.3 Å². The molecule has 1 aromatic heterocycles. The molecule has 7 atom stereocenters. The van der Waals surface area contributed by atoms with E-state index in [1.807, 2.05) is 51.3 Å². The van der Waals surface area contributed by atoms with Crippen LogP contribution in [-0.4, -0.2) is 57.6 Å². The number of hydrogen-bond donors (Lipinski definition) is 5. The first-order chi connectivity index (χ1) is 19.3. The molecule has 41 heavy (non-hydrogen) atoms. The van der Waals surface area contributed by atoms with Gasteiger partial charge in [0.2, 0.25) is 24.0 Å². The lowest BCUT2D eigenvalue weighted by Crippen LogP contribution is -2.63. The van der Waals surface area contributed by atoms with E-state index >= 15 is 0 Å². The molecule has 0 saturated heterocycles. The Balaban J connectivity index is 2.52. The first-order valence-electron chi connectivity index (χ1n) is 14.0. The van der Waals surface area contributed by atoms with Crippen LogP contribution in [-0.2, 0) is 34.7 Å². The van der Waals surface area contributed by atoms with Crippen LogP contribution in [0.15, 0.2) is 30.5 Å². The van der Waals surface area contributed by atoms with Gasteiger partial charge in [0.1, 0.15) is 12.1 Å². The molecule has 0 saturated carbocycles. The molecule has 0 aliphatic heterocycles. The summed E-state index contributed by atoms with van der Waals surface area (Å²) in [6.45, 7) is 12.0. The van der Waals surface area contributed by atoms with E-state index in [2.05, 4.69) is 20.9 Å². The second-order valence-corrected chi connectivity index (χ2v) is 11.7. The van der Waals surface area contributed by atoms with E-state index in [1.165, 1.54) is 6.92 Å². The highest BCUT2D eigenvalue weighted by atomic mass is 31.1. The van der Waals surface area contributed by atoms with Gasteiger partial charge in [-0.1, -0.05) is 72.6 Å². The van der Waals surface area contributed by atoms with Crippen molar-refractivity contribution in [2.24, 2.45) is 17.8 Å². The largest absolute Gasteiger partial charge is 0.361 e. The molecule has 3 unspecified atom stereocenters. The average molecular weight is 592 g/mol. The van der Waals surface area contributed by atoms with Crippen LogP contribution >= 0.6 is 8.25 Å². The van der Waals surface area contributed by atoms with Crippen LogP contribution in [0.2, 0.25) is 0 Å². The van der Waals surface area contributed by atoms with E-state index in [0.29, 0.717) is 12.8 Å². The Morgan fingerprint density at radius 2 is 1.56 bits per heavy atom. The topological polar surface area (TPSA) is 167 Å². The van der Waals surface area contributed by atoms with Gasteiger partial charge in [-0.2, -0.15) is 0 Å². The first kappa shape index (κ1) is 34.2. The second-order valence-electron chi connectivity index (χ2n) is 11.0. The third kappa shape index (κ3) is 8.50. The van der Waals surface area contributed by atoms with Gasteiger partial charge in [0.15, 0.2) is 5.60 Å². The van der Waals surface area contributed by atoms with Gasteiger partial charge in [-0.05, 0) is 35.8 Å². The Hall–Kier alpha value is -3.01. The molecule has 0 aliphatic carbocycles. The zero-order chi connectivity index (χ0) is 30.9. The summed E-state index contributed by atoms with van der Waals surface area (Å²) >= 11 is 0. The molecule has 12 heteroatoms. The Labute approximate surface area is 242 Å². The zero-order valence-electron chi connectivity index (χ0n) is 24.9.